The molecule has 0 aromatic carbocycles. The fourth-order valence-corrected chi connectivity index (χ4v) is 2.51. The molecule has 0 aliphatic heterocycles. The Labute approximate surface area is 102 Å². The first kappa shape index (κ1) is 12.2. The van der Waals surface area contributed by atoms with Gasteiger partial charge < -0.3 is 15.6 Å². The minimum atomic E-state index is -0.133. The van der Waals surface area contributed by atoms with Gasteiger partial charge in [0.1, 0.15) is 0 Å². The average molecular weight is 235 g/mol. The van der Waals surface area contributed by atoms with Crippen molar-refractivity contribution in [3.63, 3.8) is 0 Å². The molecular weight excluding hydrogens is 214 g/mol. The molecule has 0 spiro atoms. The van der Waals surface area contributed by atoms with Gasteiger partial charge in [-0.2, -0.15) is 0 Å². The van der Waals surface area contributed by atoms with Crippen molar-refractivity contribution in [2.75, 3.05) is 0 Å². The van der Waals surface area contributed by atoms with Crippen LogP contribution in [-0.4, -0.2) is 16.5 Å². The van der Waals surface area contributed by atoms with Crippen molar-refractivity contribution in [1.82, 2.24) is 9.88 Å². The van der Waals surface area contributed by atoms with Crippen molar-refractivity contribution in [1.29, 1.82) is 0 Å². The molecule has 2 rings (SSSR count). The summed E-state index contributed by atoms with van der Waals surface area (Å²) in [6.07, 6.45) is 6.03. The van der Waals surface area contributed by atoms with Crippen molar-refractivity contribution in [2.45, 2.75) is 38.3 Å². The summed E-state index contributed by atoms with van der Waals surface area (Å²) in [7, 11) is 2.06. The first-order valence-electron chi connectivity index (χ1n) is 6.29. The molecule has 4 nitrogen and oxygen atoms in total. The highest BCUT2D eigenvalue weighted by atomic mass is 16.1. The summed E-state index contributed by atoms with van der Waals surface area (Å²) in [6.45, 7) is 0.898. The molecule has 0 unspecified atom stereocenters. The predicted octanol–water partition coefficient (Wildman–Crippen LogP) is 1.16. The van der Waals surface area contributed by atoms with Gasteiger partial charge in [-0.05, 0) is 37.8 Å². The van der Waals surface area contributed by atoms with Gasteiger partial charge >= 0.3 is 0 Å². The van der Waals surface area contributed by atoms with Crippen molar-refractivity contribution in [3.8, 4) is 0 Å². The molecule has 1 aromatic rings. The third-order valence-electron chi connectivity index (χ3n) is 3.75. The Balaban J connectivity index is 1.75. The highest BCUT2D eigenvalue weighted by molar-refractivity contribution is 5.76. The molecule has 1 heterocycles. The smallest absolute Gasteiger partial charge is 0.220 e. The standard InChI is InChI=1S/C13H21N3O/c1-16-8-2-3-12(16)9-15-11-6-4-10(5-7-11)13(14)17/h2-3,8,10-11,15H,4-7,9H2,1H3,(H2,14,17). The average Bonchev–Trinajstić information content (AvgIpc) is 2.73. The van der Waals surface area contributed by atoms with Crippen LogP contribution in [0.3, 0.4) is 0 Å². The van der Waals surface area contributed by atoms with Crippen molar-refractivity contribution in [2.24, 2.45) is 18.7 Å². The second kappa shape index (κ2) is 5.36. The fraction of sp³-hybridized carbons (Fsp3) is 0.615. The van der Waals surface area contributed by atoms with Crippen molar-refractivity contribution < 1.29 is 4.79 Å². The first-order chi connectivity index (χ1) is 8.16. The van der Waals surface area contributed by atoms with Gasteiger partial charge in [-0.15, -0.1) is 0 Å². The van der Waals surface area contributed by atoms with Crippen LogP contribution < -0.4 is 11.1 Å². The van der Waals surface area contributed by atoms with E-state index in [1.807, 2.05) is 0 Å². The predicted molar refractivity (Wildman–Crippen MR) is 67.2 cm³/mol. The SMILES string of the molecule is Cn1cccc1CNC1CCC(C(N)=O)CC1. The Kier molecular flexibility index (Phi) is 3.84. The number of aryl methyl sites for hydroxylation is 1. The number of hydrogen-bond acceptors (Lipinski definition) is 2. The molecule has 17 heavy (non-hydrogen) atoms. The van der Waals surface area contributed by atoms with E-state index in [1.165, 1.54) is 5.69 Å². The molecule has 4 heteroatoms. The van der Waals surface area contributed by atoms with E-state index in [0.717, 1.165) is 32.2 Å². The van der Waals surface area contributed by atoms with Gasteiger partial charge in [-0.25, -0.2) is 0 Å². The molecule has 0 bridgehead atoms. The number of nitrogens with two attached hydrogens (primary N) is 1. The zero-order valence-corrected chi connectivity index (χ0v) is 10.4. The van der Waals surface area contributed by atoms with Gasteiger partial charge in [-0.1, -0.05) is 0 Å². The molecule has 1 aromatic heterocycles. The number of nitrogens with one attached hydrogen (secondary N) is 1. The quantitative estimate of drug-likeness (QED) is 0.822. The fourth-order valence-electron chi connectivity index (χ4n) is 2.51. The van der Waals surface area contributed by atoms with Gasteiger partial charge in [0.2, 0.25) is 5.91 Å². The monoisotopic (exact) mass is 235 g/mol. The number of rotatable bonds is 4. The van der Waals surface area contributed by atoms with Crippen LogP contribution in [0.25, 0.3) is 0 Å². The maximum atomic E-state index is 11.0. The van der Waals surface area contributed by atoms with Crippen molar-refractivity contribution in [3.05, 3.63) is 24.0 Å². The van der Waals surface area contributed by atoms with Gasteiger partial charge in [0.15, 0.2) is 0 Å². The zero-order valence-electron chi connectivity index (χ0n) is 10.4. The minimum Gasteiger partial charge on any atom is -0.369 e. The molecular formula is C13H21N3O. The lowest BCUT2D eigenvalue weighted by molar-refractivity contribution is -0.122. The number of nitrogens with zero attached hydrogens (tertiary/aromatic N) is 1. The van der Waals surface area contributed by atoms with Gasteiger partial charge in [-0.3, -0.25) is 4.79 Å². The molecule has 1 saturated carbocycles. The number of hydrogen-bond donors (Lipinski definition) is 2. The Bertz CT molecular complexity index is 378. The van der Waals surface area contributed by atoms with E-state index in [9.17, 15) is 4.79 Å². The van der Waals surface area contributed by atoms with E-state index >= 15 is 0 Å². The second-order valence-corrected chi connectivity index (χ2v) is 4.94. The van der Waals surface area contributed by atoms with E-state index in [1.54, 1.807) is 0 Å². The molecule has 0 saturated heterocycles. The third-order valence-corrected chi connectivity index (χ3v) is 3.75. The van der Waals surface area contributed by atoms with E-state index in [2.05, 4.69) is 35.3 Å². The van der Waals surface area contributed by atoms with E-state index in [4.69, 9.17) is 5.73 Å². The molecule has 1 aliphatic carbocycles. The van der Waals surface area contributed by atoms with Crippen LogP contribution in [-0.2, 0) is 18.4 Å². The normalized spacial score (nSPS) is 24.8. The number of carbonyl (C=O) groups is 1. The largest absolute Gasteiger partial charge is 0.369 e. The summed E-state index contributed by atoms with van der Waals surface area (Å²) in [4.78, 5) is 11.0. The Hall–Kier alpha value is -1.29. The number of amides is 1. The molecule has 0 radical (unpaired) electrons. The van der Waals surface area contributed by atoms with Crippen LogP contribution in [0.15, 0.2) is 18.3 Å². The summed E-state index contributed by atoms with van der Waals surface area (Å²) in [6, 6.07) is 4.71. The van der Waals surface area contributed by atoms with Crippen LogP contribution in [0.2, 0.25) is 0 Å². The highest BCUT2D eigenvalue weighted by Gasteiger charge is 2.24. The summed E-state index contributed by atoms with van der Waals surface area (Å²) < 4.78 is 2.13. The summed E-state index contributed by atoms with van der Waals surface area (Å²) in [5.41, 5.74) is 6.61. The molecule has 1 amide bonds. The maximum absolute atomic E-state index is 11.0. The number of primary amides is 1. The lowest BCUT2D eigenvalue weighted by atomic mass is 9.85. The maximum Gasteiger partial charge on any atom is 0.220 e. The van der Waals surface area contributed by atoms with E-state index in [0.29, 0.717) is 6.04 Å². The summed E-state index contributed by atoms with van der Waals surface area (Å²) in [5, 5.41) is 3.55. The summed E-state index contributed by atoms with van der Waals surface area (Å²) >= 11 is 0. The second-order valence-electron chi connectivity index (χ2n) is 4.94. The van der Waals surface area contributed by atoms with Gasteiger partial charge in [0.25, 0.3) is 0 Å². The molecule has 0 atom stereocenters. The van der Waals surface area contributed by atoms with Crippen LogP contribution >= 0.6 is 0 Å². The Morgan fingerprint density at radius 2 is 2.18 bits per heavy atom. The van der Waals surface area contributed by atoms with Crippen LogP contribution in [0.1, 0.15) is 31.4 Å². The first-order valence-corrected chi connectivity index (χ1v) is 6.29. The molecule has 94 valence electrons. The Morgan fingerprint density at radius 1 is 1.47 bits per heavy atom. The lowest BCUT2D eigenvalue weighted by Crippen LogP contribution is -2.36. The minimum absolute atomic E-state index is 0.100. The number of carbonyl (C=O) groups excluding carboxylic acids is 1. The van der Waals surface area contributed by atoms with Crippen LogP contribution in [0.4, 0.5) is 0 Å². The summed E-state index contributed by atoms with van der Waals surface area (Å²) in [5.74, 6) is -0.0334. The van der Waals surface area contributed by atoms with Gasteiger partial charge in [0.05, 0.1) is 0 Å². The van der Waals surface area contributed by atoms with E-state index < -0.39 is 0 Å². The third kappa shape index (κ3) is 3.09. The van der Waals surface area contributed by atoms with E-state index in [-0.39, 0.29) is 11.8 Å². The topological polar surface area (TPSA) is 60.1 Å². The van der Waals surface area contributed by atoms with Crippen molar-refractivity contribution >= 4 is 5.91 Å². The lowest BCUT2D eigenvalue weighted by Gasteiger charge is -2.27. The van der Waals surface area contributed by atoms with Gasteiger partial charge in [0, 0.05) is 37.4 Å². The van der Waals surface area contributed by atoms with Crippen LogP contribution in [0, 0.1) is 5.92 Å². The van der Waals surface area contributed by atoms with Crippen LogP contribution in [0.5, 0.6) is 0 Å². The molecule has 1 fully saturated rings. The molecule has 1 aliphatic rings. The Morgan fingerprint density at radius 3 is 2.71 bits per heavy atom. The number of aromatic nitrogens is 1. The molecule has 3 N–H and O–H groups in total. The highest BCUT2D eigenvalue weighted by Crippen LogP contribution is 2.24. The zero-order chi connectivity index (χ0) is 12.3.